The molecule has 1 aromatic heterocycles. The van der Waals surface area contributed by atoms with Gasteiger partial charge in [0.25, 0.3) is 5.69 Å². The van der Waals surface area contributed by atoms with Gasteiger partial charge in [-0.1, -0.05) is 30.3 Å². The second kappa shape index (κ2) is 6.88. The monoisotopic (exact) mass is 380 g/mol. The number of carbonyl (C=O) groups is 1. The van der Waals surface area contributed by atoms with Gasteiger partial charge in [-0.3, -0.25) is 14.9 Å². The molecule has 2 aromatic carbocycles. The Bertz CT molecular complexity index is 1030. The van der Waals surface area contributed by atoms with Crippen LogP contribution in [0.15, 0.2) is 54.6 Å². The molecule has 136 valence electrons. The van der Waals surface area contributed by atoms with Crippen molar-refractivity contribution in [2.24, 2.45) is 0 Å². The van der Waals surface area contributed by atoms with Crippen LogP contribution in [0.4, 0.5) is 11.5 Å². The standard InChI is InChI=1S/C19H16N4O3S/c1-12-17-18(13-6-5-9-15(10-13)23(25)26)27-11-16(24)20-19(17)22(21-12)14-7-3-2-4-8-14/h2-10,18H,11H2,1H3,(H,20,24)/t18-/m0/s1. The quantitative estimate of drug-likeness (QED) is 0.550. The number of aromatic nitrogens is 2. The number of nitro groups is 1. The van der Waals surface area contributed by atoms with Crippen LogP contribution in [0.25, 0.3) is 5.69 Å². The maximum atomic E-state index is 12.3. The summed E-state index contributed by atoms with van der Waals surface area (Å²) in [6.07, 6.45) is 0. The molecule has 2 heterocycles. The minimum atomic E-state index is -0.407. The number of benzene rings is 2. The number of nitrogens with zero attached hydrogens (tertiary/aromatic N) is 3. The SMILES string of the molecule is Cc1nn(-c2ccccc2)c2c1[C@H](c1cccc([N+](=O)[O-])c1)SCC(=O)N2. The second-order valence-electron chi connectivity index (χ2n) is 6.19. The maximum Gasteiger partial charge on any atom is 0.269 e. The van der Waals surface area contributed by atoms with E-state index in [2.05, 4.69) is 10.4 Å². The van der Waals surface area contributed by atoms with E-state index < -0.39 is 4.92 Å². The van der Waals surface area contributed by atoms with Gasteiger partial charge in [-0.15, -0.1) is 11.8 Å². The number of hydrogen-bond acceptors (Lipinski definition) is 5. The van der Waals surface area contributed by atoms with Gasteiger partial charge in [-0.25, -0.2) is 4.68 Å². The third-order valence-electron chi connectivity index (χ3n) is 4.39. The predicted molar refractivity (Wildman–Crippen MR) is 104 cm³/mol. The van der Waals surface area contributed by atoms with Crippen molar-refractivity contribution in [1.29, 1.82) is 0 Å². The van der Waals surface area contributed by atoms with E-state index in [1.54, 1.807) is 16.8 Å². The number of para-hydroxylation sites is 1. The summed E-state index contributed by atoms with van der Waals surface area (Å²) in [4.78, 5) is 23.1. The van der Waals surface area contributed by atoms with Crippen LogP contribution >= 0.6 is 11.8 Å². The molecule has 27 heavy (non-hydrogen) atoms. The number of thioether (sulfide) groups is 1. The minimum absolute atomic E-state index is 0.0336. The number of amides is 1. The molecule has 0 spiro atoms. The zero-order chi connectivity index (χ0) is 19.0. The van der Waals surface area contributed by atoms with E-state index in [-0.39, 0.29) is 22.6 Å². The normalized spacial score (nSPS) is 16.3. The number of anilines is 1. The topological polar surface area (TPSA) is 90.1 Å². The Morgan fingerprint density at radius 2 is 2.00 bits per heavy atom. The lowest BCUT2D eigenvalue weighted by Gasteiger charge is -2.15. The van der Waals surface area contributed by atoms with Crippen LogP contribution in [-0.2, 0) is 4.79 Å². The van der Waals surface area contributed by atoms with Crippen LogP contribution in [0.5, 0.6) is 0 Å². The predicted octanol–water partition coefficient (Wildman–Crippen LogP) is 3.86. The van der Waals surface area contributed by atoms with E-state index in [1.165, 1.54) is 17.8 Å². The highest BCUT2D eigenvalue weighted by molar-refractivity contribution is 8.00. The molecule has 0 unspecified atom stereocenters. The molecule has 0 bridgehead atoms. The first-order valence-corrected chi connectivity index (χ1v) is 9.40. The van der Waals surface area contributed by atoms with E-state index in [4.69, 9.17) is 0 Å². The molecular weight excluding hydrogens is 364 g/mol. The molecule has 3 aromatic rings. The lowest BCUT2D eigenvalue weighted by molar-refractivity contribution is -0.384. The smallest absolute Gasteiger partial charge is 0.269 e. The largest absolute Gasteiger partial charge is 0.310 e. The lowest BCUT2D eigenvalue weighted by atomic mass is 10.0. The number of hydrogen-bond donors (Lipinski definition) is 1. The van der Waals surface area contributed by atoms with Gasteiger partial charge in [-0.05, 0) is 24.6 Å². The van der Waals surface area contributed by atoms with Gasteiger partial charge in [0.05, 0.1) is 27.3 Å². The van der Waals surface area contributed by atoms with Crippen molar-refractivity contribution in [3.05, 3.63) is 81.5 Å². The minimum Gasteiger partial charge on any atom is -0.310 e. The van der Waals surface area contributed by atoms with Gasteiger partial charge in [0.15, 0.2) is 0 Å². The van der Waals surface area contributed by atoms with Gasteiger partial charge in [0, 0.05) is 17.7 Å². The van der Waals surface area contributed by atoms with Crippen molar-refractivity contribution in [2.75, 3.05) is 11.1 Å². The van der Waals surface area contributed by atoms with E-state index in [9.17, 15) is 14.9 Å². The third kappa shape index (κ3) is 3.19. The summed E-state index contributed by atoms with van der Waals surface area (Å²) in [6.45, 7) is 1.89. The third-order valence-corrected chi connectivity index (χ3v) is 5.66. The Kier molecular flexibility index (Phi) is 4.41. The number of nitro benzene ring substituents is 1. The number of carbonyl (C=O) groups excluding carboxylic acids is 1. The molecule has 4 rings (SSSR count). The van der Waals surface area contributed by atoms with Gasteiger partial charge >= 0.3 is 0 Å². The highest BCUT2D eigenvalue weighted by Crippen LogP contribution is 2.44. The van der Waals surface area contributed by atoms with Crippen LogP contribution in [-0.4, -0.2) is 26.4 Å². The van der Waals surface area contributed by atoms with Crippen molar-refractivity contribution in [2.45, 2.75) is 12.2 Å². The molecule has 1 amide bonds. The maximum absolute atomic E-state index is 12.3. The highest BCUT2D eigenvalue weighted by atomic mass is 32.2. The van der Waals surface area contributed by atoms with Crippen molar-refractivity contribution in [3.8, 4) is 5.69 Å². The number of aryl methyl sites for hydroxylation is 1. The summed E-state index contributed by atoms with van der Waals surface area (Å²) in [5.41, 5.74) is 3.30. The van der Waals surface area contributed by atoms with Crippen LogP contribution in [0.1, 0.15) is 22.1 Å². The first-order valence-electron chi connectivity index (χ1n) is 8.35. The van der Waals surface area contributed by atoms with Crippen LogP contribution in [0, 0.1) is 17.0 Å². The van der Waals surface area contributed by atoms with Crippen LogP contribution in [0.2, 0.25) is 0 Å². The van der Waals surface area contributed by atoms with Gasteiger partial charge in [0.2, 0.25) is 5.91 Å². The Balaban J connectivity index is 1.88. The van der Waals surface area contributed by atoms with E-state index >= 15 is 0 Å². The molecule has 1 aliphatic heterocycles. The fraction of sp³-hybridized carbons (Fsp3) is 0.158. The molecule has 8 heteroatoms. The fourth-order valence-electron chi connectivity index (χ4n) is 3.20. The van der Waals surface area contributed by atoms with Crippen LogP contribution in [0.3, 0.4) is 0 Å². The summed E-state index contributed by atoms with van der Waals surface area (Å²) < 4.78 is 1.72. The second-order valence-corrected chi connectivity index (χ2v) is 7.28. The van der Waals surface area contributed by atoms with E-state index in [0.717, 1.165) is 22.5 Å². The van der Waals surface area contributed by atoms with Crippen LogP contribution < -0.4 is 5.32 Å². The average molecular weight is 380 g/mol. The molecule has 0 saturated carbocycles. The first kappa shape index (κ1) is 17.3. The summed E-state index contributed by atoms with van der Waals surface area (Å²) in [5, 5.41) is 18.5. The van der Waals surface area contributed by atoms with Gasteiger partial charge in [-0.2, -0.15) is 5.10 Å². The molecule has 0 saturated heterocycles. The lowest BCUT2D eigenvalue weighted by Crippen LogP contribution is -2.15. The molecule has 1 atom stereocenters. The molecular formula is C19H16N4O3S. The Morgan fingerprint density at radius 3 is 2.74 bits per heavy atom. The van der Waals surface area contributed by atoms with Gasteiger partial charge in [0.1, 0.15) is 5.82 Å². The summed E-state index contributed by atoms with van der Waals surface area (Å²) in [6, 6.07) is 16.1. The summed E-state index contributed by atoms with van der Waals surface area (Å²) >= 11 is 1.44. The zero-order valence-electron chi connectivity index (χ0n) is 14.5. The Labute approximate surface area is 159 Å². The van der Waals surface area contributed by atoms with E-state index in [1.807, 2.05) is 43.3 Å². The average Bonchev–Trinajstić information content (AvgIpc) is 2.88. The summed E-state index contributed by atoms with van der Waals surface area (Å²) in [5.74, 6) is 0.757. The molecule has 1 N–H and O–H groups in total. The molecule has 0 fully saturated rings. The van der Waals surface area contributed by atoms with Crippen molar-refractivity contribution >= 4 is 29.2 Å². The zero-order valence-corrected chi connectivity index (χ0v) is 15.3. The van der Waals surface area contributed by atoms with E-state index in [0.29, 0.717) is 5.82 Å². The fourth-order valence-corrected chi connectivity index (χ4v) is 4.38. The number of rotatable bonds is 3. The summed E-state index contributed by atoms with van der Waals surface area (Å²) in [7, 11) is 0. The van der Waals surface area contributed by atoms with Gasteiger partial charge < -0.3 is 5.32 Å². The van der Waals surface area contributed by atoms with Crippen molar-refractivity contribution in [3.63, 3.8) is 0 Å². The Morgan fingerprint density at radius 1 is 1.22 bits per heavy atom. The number of fused-ring (bicyclic) bond motifs is 1. The Hall–Kier alpha value is -3.13. The molecule has 7 nitrogen and oxygen atoms in total. The van der Waals surface area contributed by atoms with Crippen molar-refractivity contribution in [1.82, 2.24) is 9.78 Å². The number of non-ortho nitro benzene ring substituents is 1. The first-order chi connectivity index (χ1) is 13.0. The molecule has 0 aliphatic carbocycles. The number of nitrogens with one attached hydrogen (secondary N) is 1. The van der Waals surface area contributed by atoms with Crippen molar-refractivity contribution < 1.29 is 9.72 Å². The highest BCUT2D eigenvalue weighted by Gasteiger charge is 2.31. The molecule has 1 aliphatic rings. The molecule has 0 radical (unpaired) electrons.